The lowest BCUT2D eigenvalue weighted by Gasteiger charge is -2.11. The van der Waals surface area contributed by atoms with Gasteiger partial charge in [-0.05, 0) is 47.0 Å². The monoisotopic (exact) mass is 499 g/mol. The van der Waals surface area contributed by atoms with Crippen LogP contribution >= 0.6 is 0 Å². The van der Waals surface area contributed by atoms with Crippen molar-refractivity contribution in [1.82, 2.24) is 15.3 Å². The number of alkyl halides is 3. The molecular formula is C25H20F3N3O3S. The first-order valence-electron chi connectivity index (χ1n) is 10.4. The van der Waals surface area contributed by atoms with E-state index < -0.39 is 27.5 Å². The Morgan fingerprint density at radius 2 is 1.66 bits per heavy atom. The SMILES string of the molecule is CS(=O)(=O)c1ccc(-c2c(C(=O)NCc3cccnc3)c[nH]c2-c2ccc(C(F)(F)F)cc2)cc1. The van der Waals surface area contributed by atoms with Gasteiger partial charge in [-0.25, -0.2) is 8.42 Å². The summed E-state index contributed by atoms with van der Waals surface area (Å²) in [6.07, 6.45) is 1.33. The summed E-state index contributed by atoms with van der Waals surface area (Å²) in [7, 11) is -3.43. The number of pyridine rings is 1. The van der Waals surface area contributed by atoms with Crippen LogP contribution in [0.3, 0.4) is 0 Å². The van der Waals surface area contributed by atoms with E-state index in [1.807, 2.05) is 6.07 Å². The lowest BCUT2D eigenvalue weighted by Crippen LogP contribution is -2.23. The zero-order valence-corrected chi connectivity index (χ0v) is 19.2. The summed E-state index contributed by atoms with van der Waals surface area (Å²) >= 11 is 0. The van der Waals surface area contributed by atoms with Crippen molar-refractivity contribution in [2.75, 3.05) is 6.26 Å². The zero-order chi connectivity index (χ0) is 25.2. The number of hydrogen-bond donors (Lipinski definition) is 2. The molecule has 0 unspecified atom stereocenters. The highest BCUT2D eigenvalue weighted by Crippen LogP contribution is 2.37. The van der Waals surface area contributed by atoms with Crippen LogP contribution in [0.5, 0.6) is 0 Å². The third-order valence-electron chi connectivity index (χ3n) is 5.37. The second-order valence-corrected chi connectivity index (χ2v) is 9.88. The standard InChI is InChI=1S/C25H20F3N3O3S/c1-35(33,34)20-10-6-17(7-11-20)22-21(24(32)31-14-16-3-2-12-29-13-16)15-30-23(22)18-4-8-19(9-5-18)25(26,27)28/h2-13,15,30H,14H2,1H3,(H,31,32). The van der Waals surface area contributed by atoms with Gasteiger partial charge in [0, 0.05) is 37.0 Å². The van der Waals surface area contributed by atoms with E-state index in [2.05, 4.69) is 15.3 Å². The van der Waals surface area contributed by atoms with Crippen LogP contribution in [0.4, 0.5) is 13.2 Å². The van der Waals surface area contributed by atoms with Crippen LogP contribution < -0.4 is 5.32 Å². The van der Waals surface area contributed by atoms with E-state index in [-0.39, 0.29) is 17.0 Å². The van der Waals surface area contributed by atoms with Crippen LogP contribution in [0.2, 0.25) is 0 Å². The first-order chi connectivity index (χ1) is 16.5. The van der Waals surface area contributed by atoms with E-state index in [9.17, 15) is 26.4 Å². The van der Waals surface area contributed by atoms with Crippen LogP contribution in [0, 0.1) is 0 Å². The van der Waals surface area contributed by atoms with Gasteiger partial charge in [-0.1, -0.05) is 30.3 Å². The number of aromatic nitrogens is 2. The van der Waals surface area contributed by atoms with Gasteiger partial charge in [0.25, 0.3) is 5.91 Å². The number of halogens is 3. The Balaban J connectivity index is 1.75. The Morgan fingerprint density at radius 1 is 1.00 bits per heavy atom. The first-order valence-corrected chi connectivity index (χ1v) is 12.3. The van der Waals surface area contributed by atoms with E-state index in [0.29, 0.717) is 22.4 Å². The van der Waals surface area contributed by atoms with Crippen molar-refractivity contribution in [2.24, 2.45) is 0 Å². The summed E-state index contributed by atoms with van der Waals surface area (Å²) in [5.74, 6) is -0.412. The number of carbonyl (C=O) groups is 1. The van der Waals surface area contributed by atoms with Crippen molar-refractivity contribution in [3.05, 3.63) is 95.9 Å². The fraction of sp³-hybridized carbons (Fsp3) is 0.120. The highest BCUT2D eigenvalue weighted by atomic mass is 32.2. The minimum absolute atomic E-state index is 0.107. The summed E-state index contributed by atoms with van der Waals surface area (Å²) in [5.41, 5.74) is 2.09. The molecule has 0 atom stereocenters. The topological polar surface area (TPSA) is 91.9 Å². The smallest absolute Gasteiger partial charge is 0.360 e. The molecule has 0 aliphatic carbocycles. The van der Waals surface area contributed by atoms with Gasteiger partial charge in [0.1, 0.15) is 0 Å². The summed E-state index contributed by atoms with van der Waals surface area (Å²) in [5, 5.41) is 2.81. The van der Waals surface area contributed by atoms with Crippen LogP contribution in [0.15, 0.2) is 84.1 Å². The van der Waals surface area contributed by atoms with Gasteiger partial charge >= 0.3 is 6.18 Å². The number of nitrogens with zero attached hydrogens (tertiary/aromatic N) is 1. The number of carbonyl (C=O) groups excluding carboxylic acids is 1. The van der Waals surface area contributed by atoms with Crippen molar-refractivity contribution in [1.29, 1.82) is 0 Å². The first kappa shape index (κ1) is 24.2. The molecule has 35 heavy (non-hydrogen) atoms. The molecule has 2 aromatic carbocycles. The maximum Gasteiger partial charge on any atom is 0.416 e. The molecule has 0 aliphatic heterocycles. The molecule has 2 heterocycles. The van der Waals surface area contributed by atoms with Gasteiger partial charge in [-0.15, -0.1) is 0 Å². The Hall–Kier alpha value is -3.92. The Morgan fingerprint density at radius 3 is 2.23 bits per heavy atom. The number of amides is 1. The predicted molar refractivity (Wildman–Crippen MR) is 125 cm³/mol. The number of aromatic amines is 1. The van der Waals surface area contributed by atoms with Crippen LogP contribution in [-0.2, 0) is 22.6 Å². The molecule has 180 valence electrons. The molecule has 2 N–H and O–H groups in total. The Bertz CT molecular complexity index is 1450. The molecular weight excluding hydrogens is 479 g/mol. The second-order valence-electron chi connectivity index (χ2n) is 7.87. The number of hydrogen-bond acceptors (Lipinski definition) is 4. The highest BCUT2D eigenvalue weighted by molar-refractivity contribution is 7.90. The van der Waals surface area contributed by atoms with Crippen LogP contribution in [0.1, 0.15) is 21.5 Å². The number of sulfone groups is 1. The van der Waals surface area contributed by atoms with Gasteiger partial charge in [-0.2, -0.15) is 13.2 Å². The molecule has 0 radical (unpaired) electrons. The number of rotatable bonds is 6. The number of benzene rings is 2. The lowest BCUT2D eigenvalue weighted by atomic mass is 9.97. The van der Waals surface area contributed by atoms with Gasteiger partial charge in [0.15, 0.2) is 9.84 Å². The van der Waals surface area contributed by atoms with Crippen molar-refractivity contribution >= 4 is 15.7 Å². The van der Waals surface area contributed by atoms with Crippen molar-refractivity contribution < 1.29 is 26.4 Å². The molecule has 0 bridgehead atoms. The molecule has 1 amide bonds. The molecule has 10 heteroatoms. The third-order valence-corrected chi connectivity index (χ3v) is 6.50. The van der Waals surface area contributed by atoms with Gasteiger partial charge in [0.2, 0.25) is 0 Å². The van der Waals surface area contributed by atoms with Crippen molar-refractivity contribution in [2.45, 2.75) is 17.6 Å². The highest BCUT2D eigenvalue weighted by Gasteiger charge is 2.30. The summed E-state index contributed by atoms with van der Waals surface area (Å²) in [6, 6.07) is 14.1. The molecule has 2 aromatic heterocycles. The van der Waals surface area contributed by atoms with Crippen molar-refractivity contribution in [3.63, 3.8) is 0 Å². The van der Waals surface area contributed by atoms with E-state index >= 15 is 0 Å². The quantitative estimate of drug-likeness (QED) is 0.386. The Kier molecular flexibility index (Phi) is 6.49. The maximum atomic E-state index is 13.1. The third kappa shape index (κ3) is 5.43. The molecule has 6 nitrogen and oxygen atoms in total. The fourth-order valence-corrected chi connectivity index (χ4v) is 4.24. The zero-order valence-electron chi connectivity index (χ0n) is 18.4. The van der Waals surface area contributed by atoms with Gasteiger partial charge in [0.05, 0.1) is 21.7 Å². The average molecular weight is 500 g/mol. The molecule has 0 spiro atoms. The minimum atomic E-state index is -4.48. The summed E-state index contributed by atoms with van der Waals surface area (Å²) in [4.78, 5) is 20.2. The van der Waals surface area contributed by atoms with Crippen LogP contribution in [-0.4, -0.2) is 30.5 Å². The molecule has 0 fully saturated rings. The van der Waals surface area contributed by atoms with Crippen LogP contribution in [0.25, 0.3) is 22.4 Å². The number of nitrogens with one attached hydrogen (secondary N) is 2. The molecule has 0 saturated heterocycles. The lowest BCUT2D eigenvalue weighted by molar-refractivity contribution is -0.137. The van der Waals surface area contributed by atoms with E-state index in [0.717, 1.165) is 24.0 Å². The molecule has 4 rings (SSSR count). The second kappa shape index (κ2) is 9.38. The van der Waals surface area contributed by atoms with E-state index in [4.69, 9.17) is 0 Å². The van der Waals surface area contributed by atoms with E-state index in [1.54, 1.807) is 30.6 Å². The summed E-state index contributed by atoms with van der Waals surface area (Å²) < 4.78 is 62.8. The average Bonchev–Trinajstić information content (AvgIpc) is 3.27. The number of H-pyrrole nitrogens is 1. The summed E-state index contributed by atoms with van der Waals surface area (Å²) in [6.45, 7) is 0.222. The molecule has 0 aliphatic rings. The van der Waals surface area contributed by atoms with Gasteiger partial charge < -0.3 is 10.3 Å². The normalized spacial score (nSPS) is 11.9. The predicted octanol–water partition coefficient (Wildman–Crippen LogP) is 5.10. The largest absolute Gasteiger partial charge is 0.416 e. The fourth-order valence-electron chi connectivity index (χ4n) is 3.60. The minimum Gasteiger partial charge on any atom is -0.360 e. The maximum absolute atomic E-state index is 13.1. The van der Waals surface area contributed by atoms with Crippen molar-refractivity contribution in [3.8, 4) is 22.4 Å². The molecule has 4 aromatic rings. The van der Waals surface area contributed by atoms with Gasteiger partial charge in [-0.3, -0.25) is 9.78 Å². The molecule has 0 saturated carbocycles. The van der Waals surface area contributed by atoms with E-state index in [1.165, 1.54) is 30.5 Å². The Labute approximate surface area is 199 Å².